The lowest BCUT2D eigenvalue weighted by atomic mass is 10.0. The fraction of sp³-hybridized carbons (Fsp3) is 0.333. The van der Waals surface area contributed by atoms with Crippen molar-refractivity contribution in [1.82, 2.24) is 0 Å². The second-order valence-corrected chi connectivity index (χ2v) is 6.57. The van der Waals surface area contributed by atoms with Crippen LogP contribution in [-0.4, -0.2) is 25.6 Å². The van der Waals surface area contributed by atoms with Crippen LogP contribution in [0, 0.1) is 6.92 Å². The highest BCUT2D eigenvalue weighted by Crippen LogP contribution is 2.27. The summed E-state index contributed by atoms with van der Waals surface area (Å²) in [6.45, 7) is 5.86. The standard InChI is InChI=1S/C18H21NO4S/c1-11(2)14-7-8-24-17(14)18(21)19-15-6-5-13(9-12(15)3)23-10-16(20)22-4/h5-9,11H,10H2,1-4H3,(H,19,21). The van der Waals surface area contributed by atoms with Crippen LogP contribution in [0.2, 0.25) is 0 Å². The highest BCUT2D eigenvalue weighted by Gasteiger charge is 2.16. The number of anilines is 1. The average Bonchev–Trinajstić information content (AvgIpc) is 3.04. The molecule has 2 aromatic rings. The molecule has 1 amide bonds. The minimum atomic E-state index is -0.441. The first kappa shape index (κ1) is 18.0. The van der Waals surface area contributed by atoms with Gasteiger partial charge in [-0.05, 0) is 53.6 Å². The van der Waals surface area contributed by atoms with Crippen molar-refractivity contribution in [2.75, 3.05) is 19.0 Å². The Hall–Kier alpha value is -2.34. The second kappa shape index (κ2) is 7.97. The quantitative estimate of drug-likeness (QED) is 0.803. The monoisotopic (exact) mass is 347 g/mol. The van der Waals surface area contributed by atoms with Crippen molar-refractivity contribution in [2.24, 2.45) is 0 Å². The summed E-state index contributed by atoms with van der Waals surface area (Å²) in [7, 11) is 1.31. The topological polar surface area (TPSA) is 64.6 Å². The minimum absolute atomic E-state index is 0.111. The zero-order valence-electron chi connectivity index (χ0n) is 14.2. The van der Waals surface area contributed by atoms with Crippen LogP contribution in [0.15, 0.2) is 29.6 Å². The van der Waals surface area contributed by atoms with Gasteiger partial charge in [-0.3, -0.25) is 4.79 Å². The predicted molar refractivity (Wildman–Crippen MR) is 95.1 cm³/mol. The van der Waals surface area contributed by atoms with Crippen molar-refractivity contribution in [2.45, 2.75) is 26.7 Å². The molecule has 5 nitrogen and oxygen atoms in total. The number of carbonyl (C=O) groups is 2. The van der Waals surface area contributed by atoms with Crippen LogP contribution in [-0.2, 0) is 9.53 Å². The largest absolute Gasteiger partial charge is 0.482 e. The zero-order valence-corrected chi connectivity index (χ0v) is 15.0. The van der Waals surface area contributed by atoms with E-state index < -0.39 is 5.97 Å². The van der Waals surface area contributed by atoms with Gasteiger partial charge in [-0.25, -0.2) is 4.79 Å². The average molecular weight is 347 g/mol. The van der Waals surface area contributed by atoms with Gasteiger partial charge in [-0.2, -0.15) is 0 Å². The minimum Gasteiger partial charge on any atom is -0.482 e. The van der Waals surface area contributed by atoms with Crippen molar-refractivity contribution in [1.29, 1.82) is 0 Å². The van der Waals surface area contributed by atoms with Crippen molar-refractivity contribution >= 4 is 28.9 Å². The molecule has 2 rings (SSSR count). The molecule has 1 aromatic heterocycles. The van der Waals surface area contributed by atoms with Crippen molar-refractivity contribution < 1.29 is 19.1 Å². The van der Waals surface area contributed by atoms with Gasteiger partial charge in [-0.15, -0.1) is 11.3 Å². The van der Waals surface area contributed by atoms with Gasteiger partial charge in [0.1, 0.15) is 5.75 Å². The molecular formula is C18H21NO4S. The van der Waals surface area contributed by atoms with Gasteiger partial charge in [-0.1, -0.05) is 13.8 Å². The van der Waals surface area contributed by atoms with E-state index in [9.17, 15) is 9.59 Å². The Bertz CT molecular complexity index is 736. The maximum Gasteiger partial charge on any atom is 0.343 e. The first-order chi connectivity index (χ1) is 11.4. The van der Waals surface area contributed by atoms with Crippen LogP contribution in [0.5, 0.6) is 5.75 Å². The Balaban J connectivity index is 2.08. The van der Waals surface area contributed by atoms with Crippen LogP contribution in [0.25, 0.3) is 0 Å². The summed E-state index contributed by atoms with van der Waals surface area (Å²) in [5, 5.41) is 4.87. The highest BCUT2D eigenvalue weighted by atomic mass is 32.1. The number of hydrogen-bond donors (Lipinski definition) is 1. The molecule has 24 heavy (non-hydrogen) atoms. The lowest BCUT2D eigenvalue weighted by Crippen LogP contribution is -2.14. The lowest BCUT2D eigenvalue weighted by molar-refractivity contribution is -0.142. The number of methoxy groups -OCH3 is 1. The maximum atomic E-state index is 12.5. The first-order valence-corrected chi connectivity index (χ1v) is 8.49. The van der Waals surface area contributed by atoms with E-state index >= 15 is 0 Å². The number of amides is 1. The van der Waals surface area contributed by atoms with E-state index in [1.807, 2.05) is 18.4 Å². The number of benzene rings is 1. The molecule has 0 bridgehead atoms. The third-order valence-electron chi connectivity index (χ3n) is 3.55. The Labute approximate surface area is 145 Å². The molecule has 0 aliphatic rings. The molecule has 0 aliphatic carbocycles. The van der Waals surface area contributed by atoms with Gasteiger partial charge < -0.3 is 14.8 Å². The van der Waals surface area contributed by atoms with Gasteiger partial charge in [0.15, 0.2) is 6.61 Å². The van der Waals surface area contributed by atoms with Gasteiger partial charge >= 0.3 is 5.97 Å². The van der Waals surface area contributed by atoms with Crippen LogP contribution < -0.4 is 10.1 Å². The van der Waals surface area contributed by atoms with Gasteiger partial charge in [0.05, 0.1) is 12.0 Å². The summed E-state index contributed by atoms with van der Waals surface area (Å²) in [5.74, 6) is 0.297. The first-order valence-electron chi connectivity index (χ1n) is 7.61. The molecule has 1 heterocycles. The van der Waals surface area contributed by atoms with Gasteiger partial charge in [0.2, 0.25) is 0 Å². The summed E-state index contributed by atoms with van der Waals surface area (Å²) in [4.78, 5) is 24.3. The Kier molecular flexibility index (Phi) is 5.98. The second-order valence-electron chi connectivity index (χ2n) is 5.66. The lowest BCUT2D eigenvalue weighted by Gasteiger charge is -2.12. The number of carbonyl (C=O) groups excluding carboxylic acids is 2. The summed E-state index contributed by atoms with van der Waals surface area (Å²) in [5.41, 5.74) is 2.62. The third kappa shape index (κ3) is 4.35. The van der Waals surface area contributed by atoms with Gasteiger partial charge in [0.25, 0.3) is 5.91 Å². The molecule has 1 N–H and O–H groups in total. The van der Waals surface area contributed by atoms with E-state index in [1.54, 1.807) is 18.2 Å². The van der Waals surface area contributed by atoms with Crippen LogP contribution >= 0.6 is 11.3 Å². The molecule has 0 radical (unpaired) electrons. The fourth-order valence-corrected chi connectivity index (χ4v) is 3.15. The number of aryl methyl sites for hydroxylation is 1. The third-order valence-corrected chi connectivity index (χ3v) is 4.48. The molecular weight excluding hydrogens is 326 g/mol. The van der Waals surface area contributed by atoms with Crippen molar-refractivity contribution in [3.05, 3.63) is 45.6 Å². The number of hydrogen-bond acceptors (Lipinski definition) is 5. The maximum absolute atomic E-state index is 12.5. The van der Waals surface area contributed by atoms with Gasteiger partial charge in [0, 0.05) is 5.69 Å². The smallest absolute Gasteiger partial charge is 0.343 e. The van der Waals surface area contributed by atoms with Crippen LogP contribution in [0.4, 0.5) is 5.69 Å². The number of rotatable bonds is 6. The van der Waals surface area contributed by atoms with E-state index in [1.165, 1.54) is 18.4 Å². The number of thiophene rings is 1. The molecule has 0 saturated heterocycles. The van der Waals surface area contributed by atoms with Crippen LogP contribution in [0.1, 0.15) is 40.6 Å². The van der Waals surface area contributed by atoms with E-state index in [0.29, 0.717) is 17.4 Å². The Morgan fingerprint density at radius 3 is 2.62 bits per heavy atom. The van der Waals surface area contributed by atoms with E-state index in [4.69, 9.17) is 4.74 Å². The zero-order chi connectivity index (χ0) is 17.7. The highest BCUT2D eigenvalue weighted by molar-refractivity contribution is 7.12. The molecule has 0 atom stereocenters. The Morgan fingerprint density at radius 2 is 2.00 bits per heavy atom. The summed E-state index contributed by atoms with van der Waals surface area (Å²) in [6, 6.07) is 7.24. The van der Waals surface area contributed by atoms with Crippen LogP contribution in [0.3, 0.4) is 0 Å². The summed E-state index contributed by atoms with van der Waals surface area (Å²) < 4.78 is 9.87. The summed E-state index contributed by atoms with van der Waals surface area (Å²) >= 11 is 1.44. The number of ether oxygens (including phenoxy) is 2. The molecule has 1 aromatic carbocycles. The van der Waals surface area contributed by atoms with E-state index in [-0.39, 0.29) is 12.5 Å². The fourth-order valence-electron chi connectivity index (χ4n) is 2.20. The molecule has 0 aliphatic heterocycles. The number of nitrogens with one attached hydrogen (secondary N) is 1. The molecule has 6 heteroatoms. The van der Waals surface area contributed by atoms with E-state index in [2.05, 4.69) is 23.9 Å². The van der Waals surface area contributed by atoms with E-state index in [0.717, 1.165) is 16.0 Å². The number of esters is 1. The normalized spacial score (nSPS) is 10.5. The molecule has 0 unspecified atom stereocenters. The van der Waals surface area contributed by atoms with Crippen molar-refractivity contribution in [3.8, 4) is 5.75 Å². The Morgan fingerprint density at radius 1 is 1.25 bits per heavy atom. The molecule has 0 spiro atoms. The summed E-state index contributed by atoms with van der Waals surface area (Å²) in [6.07, 6.45) is 0. The SMILES string of the molecule is COC(=O)COc1ccc(NC(=O)c2sccc2C(C)C)c(C)c1. The molecule has 128 valence electrons. The molecule has 0 fully saturated rings. The van der Waals surface area contributed by atoms with Crippen molar-refractivity contribution in [3.63, 3.8) is 0 Å². The predicted octanol–water partition coefficient (Wildman–Crippen LogP) is 3.98. The molecule has 0 saturated carbocycles.